The summed E-state index contributed by atoms with van der Waals surface area (Å²) in [5.74, 6) is -0.899. The summed E-state index contributed by atoms with van der Waals surface area (Å²) in [6.07, 6.45) is 89.9. The van der Waals surface area contributed by atoms with Crippen LogP contribution in [0.25, 0.3) is 0 Å². The molecule has 0 bridgehead atoms. The quantitative estimate of drug-likeness (QED) is 0.0261. The minimum Gasteiger partial charge on any atom is -0.462 e. The van der Waals surface area contributed by atoms with E-state index in [1.165, 1.54) is 173 Å². The first-order chi connectivity index (χ1) is 39.0. The van der Waals surface area contributed by atoms with Crippen molar-refractivity contribution >= 4 is 17.9 Å². The first kappa shape index (κ1) is 75.3. The Morgan fingerprint density at radius 3 is 0.785 bits per heavy atom. The molecule has 0 heterocycles. The number of allylic oxidation sites excluding steroid dienone is 16. The third-order valence-electron chi connectivity index (χ3n) is 14.5. The fourth-order valence-electron chi connectivity index (χ4n) is 9.50. The molecule has 0 aliphatic heterocycles. The van der Waals surface area contributed by atoms with Gasteiger partial charge in [-0.2, -0.15) is 0 Å². The van der Waals surface area contributed by atoms with Crippen molar-refractivity contribution in [1.29, 1.82) is 0 Å². The summed E-state index contributed by atoms with van der Waals surface area (Å²) >= 11 is 0. The van der Waals surface area contributed by atoms with E-state index in [1.807, 2.05) is 0 Å². The van der Waals surface area contributed by atoms with Gasteiger partial charge in [-0.05, 0) is 122 Å². The van der Waals surface area contributed by atoms with Gasteiger partial charge in [-0.1, -0.05) is 285 Å². The van der Waals surface area contributed by atoms with Crippen molar-refractivity contribution in [2.45, 2.75) is 335 Å². The molecule has 0 aliphatic rings. The highest BCUT2D eigenvalue weighted by Gasteiger charge is 2.19. The maximum absolute atomic E-state index is 12.9. The zero-order chi connectivity index (χ0) is 57.1. The van der Waals surface area contributed by atoms with Crippen LogP contribution in [0.1, 0.15) is 329 Å². The molecule has 454 valence electrons. The Morgan fingerprint density at radius 1 is 0.266 bits per heavy atom. The lowest BCUT2D eigenvalue weighted by atomic mass is 10.0. The predicted octanol–water partition coefficient (Wildman–Crippen LogP) is 23.2. The summed E-state index contributed by atoms with van der Waals surface area (Å²) in [4.78, 5) is 38.4. The van der Waals surface area contributed by atoms with Crippen molar-refractivity contribution in [2.75, 3.05) is 13.2 Å². The molecule has 6 nitrogen and oxygen atoms in total. The van der Waals surface area contributed by atoms with E-state index < -0.39 is 6.10 Å². The van der Waals surface area contributed by atoms with Gasteiger partial charge in [-0.3, -0.25) is 14.4 Å². The third-order valence-corrected chi connectivity index (χ3v) is 14.5. The number of hydrogen-bond acceptors (Lipinski definition) is 6. The Kier molecular flexibility index (Phi) is 63.7. The second-order valence-electron chi connectivity index (χ2n) is 22.3. The minimum atomic E-state index is -0.792. The van der Waals surface area contributed by atoms with Gasteiger partial charge in [-0.15, -0.1) is 0 Å². The number of hydrogen-bond donors (Lipinski definition) is 0. The number of ether oxygens (including phenoxy) is 3. The van der Waals surface area contributed by atoms with Gasteiger partial charge >= 0.3 is 17.9 Å². The van der Waals surface area contributed by atoms with Gasteiger partial charge in [0.05, 0.1) is 0 Å². The highest BCUT2D eigenvalue weighted by molar-refractivity contribution is 5.71. The first-order valence-corrected chi connectivity index (χ1v) is 33.7. The molecule has 0 aliphatic carbocycles. The molecule has 6 heteroatoms. The van der Waals surface area contributed by atoms with Crippen molar-refractivity contribution in [2.24, 2.45) is 0 Å². The van der Waals surface area contributed by atoms with Crippen LogP contribution in [0.3, 0.4) is 0 Å². The molecular weight excluding hydrogens is 973 g/mol. The Bertz CT molecular complexity index is 1540. The molecular formula is C73H126O6. The smallest absolute Gasteiger partial charge is 0.306 e. The van der Waals surface area contributed by atoms with Gasteiger partial charge in [0.25, 0.3) is 0 Å². The van der Waals surface area contributed by atoms with Gasteiger partial charge in [0.15, 0.2) is 6.10 Å². The second-order valence-corrected chi connectivity index (χ2v) is 22.3. The lowest BCUT2D eigenvalue weighted by molar-refractivity contribution is -0.167. The van der Waals surface area contributed by atoms with E-state index in [1.54, 1.807) is 0 Å². The zero-order valence-corrected chi connectivity index (χ0v) is 52.1. The highest BCUT2D eigenvalue weighted by atomic mass is 16.6. The van der Waals surface area contributed by atoms with E-state index in [9.17, 15) is 14.4 Å². The van der Waals surface area contributed by atoms with Crippen LogP contribution >= 0.6 is 0 Å². The molecule has 0 aromatic heterocycles. The van der Waals surface area contributed by atoms with E-state index in [-0.39, 0.29) is 31.1 Å². The molecule has 0 rings (SSSR count). The SMILES string of the molecule is CC/C=C\C/C=C\C/C=C\C/C=C\CCCCCCCCC(=O)OC(COC(=O)CCCCCCC/C=C\CCCCCCCC)COC(=O)CCCCCCCCCCCCCC/C=C\C/C=C\C/C=C\CCCCCCC. The van der Waals surface area contributed by atoms with Crippen molar-refractivity contribution < 1.29 is 28.6 Å². The zero-order valence-electron chi connectivity index (χ0n) is 52.1. The van der Waals surface area contributed by atoms with Gasteiger partial charge in [0, 0.05) is 19.3 Å². The van der Waals surface area contributed by atoms with Crippen molar-refractivity contribution in [1.82, 2.24) is 0 Å². The molecule has 0 aromatic carbocycles. The Morgan fingerprint density at radius 2 is 0.494 bits per heavy atom. The molecule has 0 amide bonds. The van der Waals surface area contributed by atoms with Crippen LogP contribution in [-0.4, -0.2) is 37.2 Å². The van der Waals surface area contributed by atoms with Crippen LogP contribution in [0.4, 0.5) is 0 Å². The van der Waals surface area contributed by atoms with E-state index in [4.69, 9.17) is 14.2 Å². The van der Waals surface area contributed by atoms with Crippen LogP contribution in [0.2, 0.25) is 0 Å². The van der Waals surface area contributed by atoms with Crippen LogP contribution in [0.5, 0.6) is 0 Å². The number of carbonyl (C=O) groups is 3. The molecule has 0 spiro atoms. The summed E-state index contributed by atoms with van der Waals surface area (Å²) in [7, 11) is 0. The van der Waals surface area contributed by atoms with Gasteiger partial charge in [0.1, 0.15) is 13.2 Å². The fourth-order valence-corrected chi connectivity index (χ4v) is 9.50. The van der Waals surface area contributed by atoms with Crippen LogP contribution in [0.15, 0.2) is 97.2 Å². The molecule has 1 atom stereocenters. The van der Waals surface area contributed by atoms with E-state index in [0.717, 1.165) is 116 Å². The third kappa shape index (κ3) is 65.0. The molecule has 0 saturated heterocycles. The summed E-state index contributed by atoms with van der Waals surface area (Å²) in [6.45, 7) is 6.52. The molecule has 1 unspecified atom stereocenters. The average molecular weight is 1100 g/mol. The van der Waals surface area contributed by atoms with E-state index in [2.05, 4.69) is 118 Å². The summed E-state index contributed by atoms with van der Waals surface area (Å²) < 4.78 is 16.9. The lowest BCUT2D eigenvalue weighted by Crippen LogP contribution is -2.30. The maximum atomic E-state index is 12.9. The van der Waals surface area contributed by atoms with Gasteiger partial charge in [0.2, 0.25) is 0 Å². The summed E-state index contributed by atoms with van der Waals surface area (Å²) in [5, 5.41) is 0. The number of rotatable bonds is 61. The Hall–Kier alpha value is -3.67. The van der Waals surface area contributed by atoms with Gasteiger partial charge in [-0.25, -0.2) is 0 Å². The molecule has 0 fully saturated rings. The standard InChI is InChI=1S/C73H126O6/c1-4-7-10-13-16-19-22-25-28-30-32-33-34-35-36-37-38-39-41-42-45-48-51-54-57-60-63-66-72(75)78-69-70(68-77-71(74)65-62-59-56-53-50-47-44-27-24-21-18-15-12-9-6-3)79-73(76)67-64-61-58-55-52-49-46-43-40-31-29-26-23-20-17-14-11-8-5-2/h8,11,17,20,22,25-27,29-30,32,34-35,40,43-44,70H,4-7,9-10,12-16,18-19,21,23-24,28,31,33,36-39,41-42,45-69H2,1-3H3/b11-8-,20-17-,25-22-,29-26-,32-30-,35-34-,43-40-,44-27-. The molecule has 0 radical (unpaired) electrons. The number of esters is 3. The summed E-state index contributed by atoms with van der Waals surface area (Å²) in [5.41, 5.74) is 0. The van der Waals surface area contributed by atoms with Crippen molar-refractivity contribution in [3.63, 3.8) is 0 Å². The average Bonchev–Trinajstić information content (AvgIpc) is 3.45. The van der Waals surface area contributed by atoms with E-state index >= 15 is 0 Å². The summed E-state index contributed by atoms with van der Waals surface area (Å²) in [6, 6.07) is 0. The van der Waals surface area contributed by atoms with Crippen LogP contribution in [0, 0.1) is 0 Å². The largest absolute Gasteiger partial charge is 0.462 e. The minimum absolute atomic E-state index is 0.0861. The second kappa shape index (κ2) is 66.8. The fraction of sp³-hybridized carbons (Fsp3) is 0.740. The van der Waals surface area contributed by atoms with Crippen LogP contribution < -0.4 is 0 Å². The van der Waals surface area contributed by atoms with Gasteiger partial charge < -0.3 is 14.2 Å². The molecule has 79 heavy (non-hydrogen) atoms. The normalized spacial score (nSPS) is 12.7. The van der Waals surface area contributed by atoms with Crippen molar-refractivity contribution in [3.8, 4) is 0 Å². The topological polar surface area (TPSA) is 78.9 Å². The van der Waals surface area contributed by atoms with E-state index in [0.29, 0.717) is 19.3 Å². The number of unbranched alkanes of at least 4 members (excludes halogenated alkanes) is 34. The molecule has 0 saturated carbocycles. The van der Waals surface area contributed by atoms with Crippen molar-refractivity contribution in [3.05, 3.63) is 97.2 Å². The monoisotopic (exact) mass is 1100 g/mol. The highest BCUT2D eigenvalue weighted by Crippen LogP contribution is 2.16. The Labute approximate surface area is 489 Å². The Balaban J connectivity index is 4.34. The molecule has 0 N–H and O–H groups in total. The predicted molar refractivity (Wildman–Crippen MR) is 344 cm³/mol. The maximum Gasteiger partial charge on any atom is 0.306 e. The molecule has 0 aromatic rings. The number of carbonyl (C=O) groups excluding carboxylic acids is 3. The first-order valence-electron chi connectivity index (χ1n) is 33.7. The lowest BCUT2D eigenvalue weighted by Gasteiger charge is -2.18. The van der Waals surface area contributed by atoms with Crippen LogP contribution in [-0.2, 0) is 28.6 Å².